The van der Waals surface area contributed by atoms with Gasteiger partial charge in [-0.2, -0.15) is 11.8 Å². The second kappa shape index (κ2) is 5.53. The number of halogens is 1. The minimum Gasteiger partial charge on any atom is -0.338 e. The van der Waals surface area contributed by atoms with E-state index in [2.05, 4.69) is 13.8 Å². The third kappa shape index (κ3) is 3.50. The molecule has 0 bridgehead atoms. The Balaban J connectivity index is 2.17. The zero-order valence-electron chi connectivity index (χ0n) is 11.7. The van der Waals surface area contributed by atoms with Gasteiger partial charge in [0.05, 0.1) is 5.56 Å². The molecule has 104 valence electrons. The van der Waals surface area contributed by atoms with Crippen molar-refractivity contribution in [3.05, 3.63) is 35.1 Å². The Kier molecular flexibility index (Phi) is 4.19. The zero-order chi connectivity index (χ0) is 14.0. The molecule has 1 aromatic rings. The van der Waals surface area contributed by atoms with E-state index in [-0.39, 0.29) is 16.2 Å². The van der Waals surface area contributed by atoms with E-state index in [4.69, 9.17) is 0 Å². The van der Waals surface area contributed by atoms with Crippen molar-refractivity contribution in [3.63, 3.8) is 0 Å². The van der Waals surface area contributed by atoms with Crippen molar-refractivity contribution < 1.29 is 9.18 Å². The molecule has 1 aromatic carbocycles. The number of hydrogen-bond donors (Lipinski definition) is 0. The monoisotopic (exact) mass is 281 g/mol. The SMILES string of the molecule is Cc1ccc(F)c(C(=O)N2CCSC(C)(C)CC2)c1. The lowest BCUT2D eigenvalue weighted by atomic mass is 10.1. The summed E-state index contributed by atoms with van der Waals surface area (Å²) in [7, 11) is 0. The zero-order valence-corrected chi connectivity index (χ0v) is 12.5. The fourth-order valence-corrected chi connectivity index (χ4v) is 3.30. The maximum Gasteiger partial charge on any atom is 0.256 e. The van der Waals surface area contributed by atoms with Crippen LogP contribution in [0.4, 0.5) is 4.39 Å². The topological polar surface area (TPSA) is 20.3 Å². The number of nitrogens with zero attached hydrogens (tertiary/aromatic N) is 1. The second-order valence-corrected chi connectivity index (χ2v) is 7.44. The first-order valence-electron chi connectivity index (χ1n) is 6.58. The molecule has 0 unspecified atom stereocenters. The normalized spacial score (nSPS) is 19.1. The molecule has 19 heavy (non-hydrogen) atoms. The number of thioether (sulfide) groups is 1. The van der Waals surface area contributed by atoms with Crippen molar-refractivity contribution in [2.75, 3.05) is 18.8 Å². The van der Waals surface area contributed by atoms with Crippen LogP contribution in [0.3, 0.4) is 0 Å². The van der Waals surface area contributed by atoms with Crippen LogP contribution in [-0.4, -0.2) is 34.4 Å². The molecule has 0 N–H and O–H groups in total. The highest BCUT2D eigenvalue weighted by Gasteiger charge is 2.27. The van der Waals surface area contributed by atoms with Gasteiger partial charge < -0.3 is 4.90 Å². The van der Waals surface area contributed by atoms with E-state index in [1.54, 1.807) is 17.0 Å². The van der Waals surface area contributed by atoms with Gasteiger partial charge in [0.25, 0.3) is 5.91 Å². The smallest absolute Gasteiger partial charge is 0.256 e. The van der Waals surface area contributed by atoms with Crippen LogP contribution >= 0.6 is 11.8 Å². The van der Waals surface area contributed by atoms with Crippen molar-refractivity contribution in [2.24, 2.45) is 0 Å². The fourth-order valence-electron chi connectivity index (χ4n) is 2.20. The molecule has 0 radical (unpaired) electrons. The number of benzene rings is 1. The molecule has 1 amide bonds. The van der Waals surface area contributed by atoms with Crippen molar-refractivity contribution in [3.8, 4) is 0 Å². The largest absolute Gasteiger partial charge is 0.338 e. The van der Waals surface area contributed by atoms with Crippen LogP contribution in [0.2, 0.25) is 0 Å². The molecule has 0 saturated carbocycles. The van der Waals surface area contributed by atoms with Crippen molar-refractivity contribution in [1.29, 1.82) is 0 Å². The van der Waals surface area contributed by atoms with E-state index < -0.39 is 5.82 Å². The van der Waals surface area contributed by atoms with Gasteiger partial charge >= 0.3 is 0 Å². The molecule has 0 atom stereocenters. The Bertz CT molecular complexity index is 487. The Morgan fingerprint density at radius 2 is 2.11 bits per heavy atom. The number of rotatable bonds is 1. The predicted molar refractivity (Wildman–Crippen MR) is 78.2 cm³/mol. The van der Waals surface area contributed by atoms with E-state index in [1.807, 2.05) is 18.7 Å². The van der Waals surface area contributed by atoms with Gasteiger partial charge in [-0.05, 0) is 25.5 Å². The van der Waals surface area contributed by atoms with E-state index >= 15 is 0 Å². The number of carbonyl (C=O) groups is 1. The van der Waals surface area contributed by atoms with E-state index in [9.17, 15) is 9.18 Å². The van der Waals surface area contributed by atoms with Gasteiger partial charge in [-0.1, -0.05) is 25.5 Å². The fraction of sp³-hybridized carbons (Fsp3) is 0.533. The highest BCUT2D eigenvalue weighted by Crippen LogP contribution is 2.31. The first-order chi connectivity index (χ1) is 8.89. The van der Waals surface area contributed by atoms with Crippen LogP contribution in [0.15, 0.2) is 18.2 Å². The number of hydrogen-bond acceptors (Lipinski definition) is 2. The molecule has 1 aliphatic rings. The van der Waals surface area contributed by atoms with Gasteiger partial charge in [-0.25, -0.2) is 4.39 Å². The summed E-state index contributed by atoms with van der Waals surface area (Å²) >= 11 is 1.88. The van der Waals surface area contributed by atoms with Gasteiger partial charge in [0.1, 0.15) is 5.82 Å². The average molecular weight is 281 g/mol. The molecule has 0 spiro atoms. The summed E-state index contributed by atoms with van der Waals surface area (Å²) < 4.78 is 14.0. The summed E-state index contributed by atoms with van der Waals surface area (Å²) in [4.78, 5) is 14.2. The lowest BCUT2D eigenvalue weighted by Gasteiger charge is -2.23. The molecule has 2 nitrogen and oxygen atoms in total. The molecule has 2 rings (SSSR count). The summed E-state index contributed by atoms with van der Waals surface area (Å²) in [5.41, 5.74) is 1.11. The van der Waals surface area contributed by atoms with Crippen LogP contribution < -0.4 is 0 Å². The predicted octanol–water partition coefficient (Wildman–Crippen LogP) is 3.49. The summed E-state index contributed by atoms with van der Waals surface area (Å²) in [6.45, 7) is 7.65. The Morgan fingerprint density at radius 1 is 1.37 bits per heavy atom. The van der Waals surface area contributed by atoms with Gasteiger partial charge in [-0.15, -0.1) is 0 Å². The number of carbonyl (C=O) groups excluding carboxylic acids is 1. The Labute approximate surface area is 118 Å². The van der Waals surface area contributed by atoms with Gasteiger partial charge in [0.15, 0.2) is 0 Å². The first kappa shape index (κ1) is 14.4. The third-order valence-electron chi connectivity index (χ3n) is 3.48. The van der Waals surface area contributed by atoms with Crippen LogP contribution in [-0.2, 0) is 0 Å². The molecule has 1 fully saturated rings. The molecular formula is C15H20FNOS. The molecule has 4 heteroatoms. The Hall–Kier alpha value is -1.03. The lowest BCUT2D eigenvalue weighted by molar-refractivity contribution is 0.0760. The van der Waals surface area contributed by atoms with E-state index in [0.717, 1.165) is 17.7 Å². The van der Waals surface area contributed by atoms with E-state index in [0.29, 0.717) is 13.1 Å². The van der Waals surface area contributed by atoms with E-state index in [1.165, 1.54) is 6.07 Å². The minimum absolute atomic E-state index is 0.181. The van der Waals surface area contributed by atoms with Gasteiger partial charge in [0.2, 0.25) is 0 Å². The summed E-state index contributed by atoms with van der Waals surface area (Å²) in [6, 6.07) is 4.70. The maximum atomic E-state index is 13.8. The van der Waals surface area contributed by atoms with Crippen LogP contribution in [0.25, 0.3) is 0 Å². The quantitative estimate of drug-likeness (QED) is 0.785. The van der Waals surface area contributed by atoms with Crippen molar-refractivity contribution in [1.82, 2.24) is 4.90 Å². The van der Waals surface area contributed by atoms with Crippen molar-refractivity contribution in [2.45, 2.75) is 31.9 Å². The third-order valence-corrected chi connectivity index (χ3v) is 4.85. The highest BCUT2D eigenvalue weighted by atomic mass is 32.2. The molecule has 0 aromatic heterocycles. The summed E-state index contributed by atoms with van der Waals surface area (Å²) in [5.74, 6) is 0.304. The molecule has 1 heterocycles. The lowest BCUT2D eigenvalue weighted by Crippen LogP contribution is -2.34. The summed E-state index contributed by atoms with van der Waals surface area (Å²) in [6.07, 6.45) is 0.941. The molecule has 1 saturated heterocycles. The first-order valence-corrected chi connectivity index (χ1v) is 7.57. The molecule has 0 aliphatic carbocycles. The molecule has 1 aliphatic heterocycles. The highest BCUT2D eigenvalue weighted by molar-refractivity contribution is 8.00. The van der Waals surface area contributed by atoms with Gasteiger partial charge in [-0.3, -0.25) is 4.79 Å². The standard InChI is InChI=1S/C15H20FNOS/c1-11-4-5-13(16)12(10-11)14(18)17-7-6-15(2,3)19-9-8-17/h4-5,10H,6-9H2,1-3H3. The van der Waals surface area contributed by atoms with Crippen LogP contribution in [0.5, 0.6) is 0 Å². The molecular weight excluding hydrogens is 261 g/mol. The van der Waals surface area contributed by atoms with Crippen LogP contribution in [0.1, 0.15) is 36.2 Å². The summed E-state index contributed by atoms with van der Waals surface area (Å²) in [5, 5.41) is 0. The average Bonchev–Trinajstić information content (AvgIpc) is 2.52. The second-order valence-electron chi connectivity index (χ2n) is 5.63. The Morgan fingerprint density at radius 3 is 2.84 bits per heavy atom. The van der Waals surface area contributed by atoms with Gasteiger partial charge in [0, 0.05) is 23.6 Å². The number of aryl methyl sites for hydroxylation is 1. The number of amides is 1. The maximum absolute atomic E-state index is 13.8. The van der Waals surface area contributed by atoms with Crippen LogP contribution in [0, 0.1) is 12.7 Å². The van der Waals surface area contributed by atoms with Crippen molar-refractivity contribution >= 4 is 17.7 Å². The minimum atomic E-state index is -0.424.